The van der Waals surface area contributed by atoms with E-state index in [1.165, 1.54) is 0 Å². The normalized spacial score (nSPS) is 29.0. The Labute approximate surface area is 84.3 Å². The summed E-state index contributed by atoms with van der Waals surface area (Å²) in [6.45, 7) is 2.08. The van der Waals surface area contributed by atoms with Gasteiger partial charge in [-0.25, -0.2) is 0 Å². The maximum atomic E-state index is 10.4. The van der Waals surface area contributed by atoms with E-state index in [9.17, 15) is 4.79 Å². The van der Waals surface area contributed by atoms with Crippen LogP contribution in [0.3, 0.4) is 0 Å². The van der Waals surface area contributed by atoms with E-state index in [-0.39, 0.29) is 19.1 Å². The highest BCUT2D eigenvalue weighted by molar-refractivity contribution is 5.67. The highest BCUT2D eigenvalue weighted by Gasteiger charge is 2.27. The highest BCUT2D eigenvalue weighted by Crippen LogP contribution is 2.25. The van der Waals surface area contributed by atoms with E-state index in [1.807, 2.05) is 6.92 Å². The number of aliphatic hydroxyl groups is 1. The molecule has 0 aromatic rings. The molecule has 0 spiro atoms. The second-order valence-corrected chi connectivity index (χ2v) is 4.15. The molecular formula is C10H19NO3. The number of aliphatic hydroxyl groups excluding tert-OH is 1. The van der Waals surface area contributed by atoms with Crippen molar-refractivity contribution in [3.63, 3.8) is 0 Å². The van der Waals surface area contributed by atoms with Crippen molar-refractivity contribution in [2.45, 2.75) is 44.7 Å². The van der Waals surface area contributed by atoms with Crippen LogP contribution in [0.4, 0.5) is 0 Å². The summed E-state index contributed by atoms with van der Waals surface area (Å²) in [5.74, 6) is -0.463. The Hall–Kier alpha value is -0.610. The summed E-state index contributed by atoms with van der Waals surface area (Å²) in [6, 6.07) is 0.291. The molecule has 4 nitrogen and oxygen atoms in total. The molecule has 0 aromatic carbocycles. The Bertz CT molecular complexity index is 196. The molecule has 0 aromatic heterocycles. The van der Waals surface area contributed by atoms with Crippen LogP contribution in [-0.4, -0.2) is 34.9 Å². The fourth-order valence-electron chi connectivity index (χ4n) is 2.16. The number of carboxylic acids is 1. The van der Waals surface area contributed by atoms with Crippen molar-refractivity contribution in [3.05, 3.63) is 0 Å². The lowest BCUT2D eigenvalue weighted by Gasteiger charge is -2.22. The third-order valence-corrected chi connectivity index (χ3v) is 2.87. The van der Waals surface area contributed by atoms with Crippen molar-refractivity contribution in [2.75, 3.05) is 6.61 Å². The number of rotatable bonds is 5. The van der Waals surface area contributed by atoms with Crippen LogP contribution in [0, 0.1) is 5.92 Å². The number of carbonyl (C=O) groups is 1. The molecule has 3 unspecified atom stereocenters. The van der Waals surface area contributed by atoms with Gasteiger partial charge in [0.1, 0.15) is 0 Å². The van der Waals surface area contributed by atoms with E-state index in [0.717, 1.165) is 19.3 Å². The van der Waals surface area contributed by atoms with E-state index in [2.05, 4.69) is 5.32 Å². The molecule has 1 aliphatic carbocycles. The standard InChI is InChI=1S/C10H19NO3/c1-7(5-10(13)14)11-9-4-2-3-8(9)6-12/h7-9,11-12H,2-6H2,1H3,(H,13,14). The summed E-state index contributed by atoms with van der Waals surface area (Å²) in [5.41, 5.74) is 0. The number of hydrogen-bond acceptors (Lipinski definition) is 3. The van der Waals surface area contributed by atoms with Gasteiger partial charge in [-0.2, -0.15) is 0 Å². The van der Waals surface area contributed by atoms with Gasteiger partial charge in [-0.15, -0.1) is 0 Å². The topological polar surface area (TPSA) is 69.6 Å². The summed E-state index contributed by atoms with van der Waals surface area (Å²) in [5, 5.41) is 20.9. The Morgan fingerprint density at radius 3 is 2.86 bits per heavy atom. The maximum Gasteiger partial charge on any atom is 0.304 e. The summed E-state index contributed by atoms with van der Waals surface area (Å²) < 4.78 is 0. The molecular weight excluding hydrogens is 182 g/mol. The molecule has 0 heterocycles. The molecule has 3 atom stereocenters. The number of nitrogens with one attached hydrogen (secondary N) is 1. The zero-order chi connectivity index (χ0) is 10.6. The first kappa shape index (κ1) is 11.5. The van der Waals surface area contributed by atoms with Crippen molar-refractivity contribution in [2.24, 2.45) is 5.92 Å². The largest absolute Gasteiger partial charge is 0.481 e. The zero-order valence-corrected chi connectivity index (χ0v) is 8.57. The minimum absolute atomic E-state index is 0.00958. The quantitative estimate of drug-likeness (QED) is 0.609. The van der Waals surface area contributed by atoms with Crippen LogP contribution in [0.15, 0.2) is 0 Å². The first-order chi connectivity index (χ1) is 6.63. The predicted molar refractivity (Wildman–Crippen MR) is 53.1 cm³/mol. The van der Waals surface area contributed by atoms with E-state index >= 15 is 0 Å². The SMILES string of the molecule is CC(CC(=O)O)NC1CCCC1CO. The van der Waals surface area contributed by atoms with Gasteiger partial charge in [-0.1, -0.05) is 6.42 Å². The number of hydrogen-bond donors (Lipinski definition) is 3. The number of aliphatic carboxylic acids is 1. The zero-order valence-electron chi connectivity index (χ0n) is 8.57. The second kappa shape index (κ2) is 5.32. The third kappa shape index (κ3) is 3.27. The van der Waals surface area contributed by atoms with Crippen molar-refractivity contribution in [3.8, 4) is 0 Å². The molecule has 1 rings (SSSR count). The van der Waals surface area contributed by atoms with Crippen LogP contribution < -0.4 is 5.32 Å². The molecule has 3 N–H and O–H groups in total. The Morgan fingerprint density at radius 2 is 2.29 bits per heavy atom. The lowest BCUT2D eigenvalue weighted by Crippen LogP contribution is -2.40. The molecule has 0 amide bonds. The van der Waals surface area contributed by atoms with Crippen LogP contribution in [0.1, 0.15) is 32.6 Å². The van der Waals surface area contributed by atoms with Gasteiger partial charge in [0.15, 0.2) is 0 Å². The van der Waals surface area contributed by atoms with Crippen molar-refractivity contribution < 1.29 is 15.0 Å². The van der Waals surface area contributed by atoms with Crippen molar-refractivity contribution in [1.29, 1.82) is 0 Å². The van der Waals surface area contributed by atoms with Gasteiger partial charge in [-0.3, -0.25) is 4.79 Å². The van der Waals surface area contributed by atoms with Crippen LogP contribution >= 0.6 is 0 Å². The predicted octanol–water partition coefficient (Wildman–Crippen LogP) is 0.600. The lowest BCUT2D eigenvalue weighted by molar-refractivity contribution is -0.137. The van der Waals surface area contributed by atoms with Crippen LogP contribution in [0.25, 0.3) is 0 Å². The first-order valence-electron chi connectivity index (χ1n) is 5.22. The van der Waals surface area contributed by atoms with E-state index in [0.29, 0.717) is 12.0 Å². The first-order valence-corrected chi connectivity index (χ1v) is 5.22. The van der Waals surface area contributed by atoms with Gasteiger partial charge in [-0.05, 0) is 25.7 Å². The molecule has 1 aliphatic rings. The van der Waals surface area contributed by atoms with E-state index in [4.69, 9.17) is 10.2 Å². The highest BCUT2D eigenvalue weighted by atomic mass is 16.4. The van der Waals surface area contributed by atoms with Crippen LogP contribution in [0.2, 0.25) is 0 Å². The third-order valence-electron chi connectivity index (χ3n) is 2.87. The molecule has 0 aliphatic heterocycles. The van der Waals surface area contributed by atoms with Crippen molar-refractivity contribution >= 4 is 5.97 Å². The molecule has 0 bridgehead atoms. The van der Waals surface area contributed by atoms with Gasteiger partial charge >= 0.3 is 5.97 Å². The van der Waals surface area contributed by atoms with Crippen molar-refractivity contribution in [1.82, 2.24) is 5.32 Å². The van der Waals surface area contributed by atoms with E-state index < -0.39 is 5.97 Å². The van der Waals surface area contributed by atoms with Gasteiger partial charge < -0.3 is 15.5 Å². The lowest BCUT2D eigenvalue weighted by atomic mass is 10.0. The monoisotopic (exact) mass is 201 g/mol. The molecule has 82 valence electrons. The Kier molecular flexibility index (Phi) is 4.35. The molecule has 0 saturated heterocycles. The fourth-order valence-corrected chi connectivity index (χ4v) is 2.16. The number of carboxylic acid groups (broad SMARTS) is 1. The molecule has 1 saturated carbocycles. The Balaban J connectivity index is 2.31. The van der Waals surface area contributed by atoms with Gasteiger partial charge in [0.2, 0.25) is 0 Å². The molecule has 14 heavy (non-hydrogen) atoms. The second-order valence-electron chi connectivity index (χ2n) is 4.15. The summed E-state index contributed by atoms with van der Waals surface area (Å²) in [4.78, 5) is 10.4. The van der Waals surface area contributed by atoms with E-state index in [1.54, 1.807) is 0 Å². The summed E-state index contributed by atoms with van der Waals surface area (Å²) in [6.07, 6.45) is 3.38. The maximum absolute atomic E-state index is 10.4. The molecule has 0 radical (unpaired) electrons. The van der Waals surface area contributed by atoms with Gasteiger partial charge in [0.25, 0.3) is 0 Å². The van der Waals surface area contributed by atoms with Crippen LogP contribution in [0.5, 0.6) is 0 Å². The summed E-state index contributed by atoms with van der Waals surface area (Å²) in [7, 11) is 0. The van der Waals surface area contributed by atoms with Crippen LogP contribution in [-0.2, 0) is 4.79 Å². The van der Waals surface area contributed by atoms with Gasteiger partial charge in [0, 0.05) is 18.7 Å². The minimum Gasteiger partial charge on any atom is -0.481 e. The average molecular weight is 201 g/mol. The molecule has 4 heteroatoms. The van der Waals surface area contributed by atoms with Gasteiger partial charge in [0.05, 0.1) is 6.42 Å². The summed E-state index contributed by atoms with van der Waals surface area (Å²) >= 11 is 0. The Morgan fingerprint density at radius 1 is 1.57 bits per heavy atom. The fraction of sp³-hybridized carbons (Fsp3) is 0.900. The smallest absolute Gasteiger partial charge is 0.304 e. The minimum atomic E-state index is -0.774. The average Bonchev–Trinajstić information content (AvgIpc) is 2.50. The molecule has 1 fully saturated rings.